The first-order chi connectivity index (χ1) is 9.09. The van der Waals surface area contributed by atoms with E-state index in [2.05, 4.69) is 0 Å². The van der Waals surface area contributed by atoms with E-state index < -0.39 is 5.82 Å². The average Bonchev–Trinajstić information content (AvgIpc) is 2.38. The molecule has 2 N–H and O–H groups in total. The Morgan fingerprint density at radius 1 is 1.16 bits per heavy atom. The molecule has 0 radical (unpaired) electrons. The molecule has 0 heterocycles. The second-order valence-electron chi connectivity index (χ2n) is 3.92. The first-order valence-electron chi connectivity index (χ1n) is 5.60. The van der Waals surface area contributed by atoms with Gasteiger partial charge in [-0.25, -0.2) is 4.39 Å². The number of para-hydroxylation sites is 1. The molecule has 0 aliphatic carbocycles. The van der Waals surface area contributed by atoms with Crippen LogP contribution in [0.3, 0.4) is 0 Å². The Hall–Kier alpha value is -2.13. The molecule has 0 aromatic heterocycles. The molecule has 0 atom stereocenters. The molecule has 0 aliphatic heterocycles. The van der Waals surface area contributed by atoms with Gasteiger partial charge in [-0.1, -0.05) is 29.8 Å². The zero-order valence-electron chi connectivity index (χ0n) is 9.94. The molecule has 4 heteroatoms. The first-order valence-corrected chi connectivity index (χ1v) is 5.98. The number of nitrogen functional groups attached to an aromatic ring is 1. The van der Waals surface area contributed by atoms with Gasteiger partial charge in [-0.2, -0.15) is 0 Å². The first kappa shape index (κ1) is 13.3. The molecule has 0 saturated carbocycles. The quantitative estimate of drug-likeness (QED) is 0.523. The maximum atomic E-state index is 13.5. The van der Waals surface area contributed by atoms with Crippen LogP contribution in [-0.2, 0) is 0 Å². The van der Waals surface area contributed by atoms with Crippen molar-refractivity contribution in [1.82, 2.24) is 0 Å². The van der Waals surface area contributed by atoms with Crippen LogP contribution in [0.15, 0.2) is 48.5 Å². The van der Waals surface area contributed by atoms with Crippen LogP contribution >= 0.6 is 11.6 Å². The van der Waals surface area contributed by atoms with E-state index in [0.717, 1.165) is 0 Å². The molecule has 0 bridgehead atoms. The highest BCUT2D eigenvalue weighted by atomic mass is 35.5. The molecule has 0 unspecified atom stereocenters. The number of benzene rings is 2. The van der Waals surface area contributed by atoms with Crippen molar-refractivity contribution in [2.24, 2.45) is 0 Å². The van der Waals surface area contributed by atoms with Crippen LogP contribution in [0.1, 0.15) is 15.9 Å². The maximum absolute atomic E-state index is 13.5. The van der Waals surface area contributed by atoms with Gasteiger partial charge < -0.3 is 5.73 Å². The van der Waals surface area contributed by atoms with Gasteiger partial charge in [0.2, 0.25) is 0 Å². The summed E-state index contributed by atoms with van der Waals surface area (Å²) in [5.74, 6) is -0.769. The van der Waals surface area contributed by atoms with Crippen molar-refractivity contribution in [3.05, 3.63) is 70.5 Å². The van der Waals surface area contributed by atoms with Gasteiger partial charge in [0.15, 0.2) is 5.78 Å². The summed E-state index contributed by atoms with van der Waals surface area (Å²) in [6, 6.07) is 11.1. The van der Waals surface area contributed by atoms with E-state index >= 15 is 0 Å². The highest BCUT2D eigenvalue weighted by Gasteiger charge is 2.07. The lowest BCUT2D eigenvalue weighted by Crippen LogP contribution is -2.00. The smallest absolute Gasteiger partial charge is 0.187 e. The van der Waals surface area contributed by atoms with E-state index in [0.29, 0.717) is 11.3 Å². The van der Waals surface area contributed by atoms with Gasteiger partial charge >= 0.3 is 0 Å². The number of halogens is 2. The van der Waals surface area contributed by atoms with Crippen molar-refractivity contribution in [2.45, 2.75) is 0 Å². The number of hydrogen-bond donors (Lipinski definition) is 1. The van der Waals surface area contributed by atoms with Gasteiger partial charge in [-0.05, 0) is 36.4 Å². The van der Waals surface area contributed by atoms with Crippen LogP contribution in [0.25, 0.3) is 6.08 Å². The van der Waals surface area contributed by atoms with Crippen molar-refractivity contribution in [1.29, 1.82) is 0 Å². The number of hydrogen-bond acceptors (Lipinski definition) is 2. The van der Waals surface area contributed by atoms with Crippen LogP contribution in [0.2, 0.25) is 5.02 Å². The predicted molar refractivity (Wildman–Crippen MR) is 75.6 cm³/mol. The number of rotatable bonds is 3. The highest BCUT2D eigenvalue weighted by molar-refractivity contribution is 6.32. The molecule has 2 aromatic rings. The van der Waals surface area contributed by atoms with Gasteiger partial charge in [0, 0.05) is 16.8 Å². The number of ketones is 1. The zero-order valence-corrected chi connectivity index (χ0v) is 10.7. The second kappa shape index (κ2) is 5.67. The van der Waals surface area contributed by atoms with Gasteiger partial charge in [0.05, 0.1) is 5.02 Å². The van der Waals surface area contributed by atoms with Crippen molar-refractivity contribution in [3.8, 4) is 0 Å². The fourth-order valence-electron chi connectivity index (χ4n) is 1.64. The van der Waals surface area contributed by atoms with Crippen LogP contribution < -0.4 is 5.73 Å². The summed E-state index contributed by atoms with van der Waals surface area (Å²) in [6.45, 7) is 0. The van der Waals surface area contributed by atoms with E-state index in [-0.39, 0.29) is 16.4 Å². The van der Waals surface area contributed by atoms with Crippen LogP contribution in [0.4, 0.5) is 10.1 Å². The van der Waals surface area contributed by atoms with Crippen molar-refractivity contribution < 1.29 is 9.18 Å². The molecular weight excluding hydrogens is 265 g/mol. The van der Waals surface area contributed by atoms with Crippen LogP contribution in [0.5, 0.6) is 0 Å². The number of carbonyl (C=O) groups is 1. The number of carbonyl (C=O) groups excluding carboxylic acids is 1. The highest BCUT2D eigenvalue weighted by Crippen LogP contribution is 2.21. The molecule has 96 valence electrons. The monoisotopic (exact) mass is 275 g/mol. The van der Waals surface area contributed by atoms with E-state index in [4.69, 9.17) is 17.3 Å². The lowest BCUT2D eigenvalue weighted by atomic mass is 10.1. The van der Waals surface area contributed by atoms with E-state index in [1.165, 1.54) is 24.3 Å². The summed E-state index contributed by atoms with van der Waals surface area (Å²) in [4.78, 5) is 11.9. The van der Waals surface area contributed by atoms with E-state index in [9.17, 15) is 9.18 Å². The topological polar surface area (TPSA) is 43.1 Å². The Morgan fingerprint density at radius 3 is 2.58 bits per heavy atom. The van der Waals surface area contributed by atoms with Crippen LogP contribution in [-0.4, -0.2) is 5.78 Å². The van der Waals surface area contributed by atoms with Crippen LogP contribution in [0, 0.1) is 5.82 Å². The number of nitrogens with two attached hydrogens (primary N) is 1. The van der Waals surface area contributed by atoms with Gasteiger partial charge in [0.1, 0.15) is 5.82 Å². The van der Waals surface area contributed by atoms with Crippen molar-refractivity contribution in [3.63, 3.8) is 0 Å². The summed E-state index contributed by atoms with van der Waals surface area (Å²) < 4.78 is 13.5. The van der Waals surface area contributed by atoms with Crippen molar-refractivity contribution >= 4 is 29.1 Å². The Labute approximate surface area is 115 Å². The lowest BCUT2D eigenvalue weighted by molar-refractivity contribution is 0.104. The normalized spacial score (nSPS) is 10.8. The fraction of sp³-hybridized carbons (Fsp3) is 0. The summed E-state index contributed by atoms with van der Waals surface area (Å²) in [5, 5.41) is 0.255. The molecule has 2 nitrogen and oxygen atoms in total. The molecule has 0 aliphatic rings. The third-order valence-corrected chi connectivity index (χ3v) is 2.96. The Bertz CT molecular complexity index is 632. The summed E-state index contributed by atoms with van der Waals surface area (Å²) in [5.41, 5.74) is 6.65. The van der Waals surface area contributed by atoms with Gasteiger partial charge in [0.25, 0.3) is 0 Å². The largest absolute Gasteiger partial charge is 0.398 e. The summed E-state index contributed by atoms with van der Waals surface area (Å²) >= 11 is 5.86. The van der Waals surface area contributed by atoms with E-state index in [1.807, 2.05) is 0 Å². The Kier molecular flexibility index (Phi) is 3.97. The number of allylic oxidation sites excluding steroid dienone is 1. The zero-order chi connectivity index (χ0) is 13.8. The Morgan fingerprint density at radius 2 is 1.89 bits per heavy atom. The molecule has 0 amide bonds. The Balaban J connectivity index is 2.29. The fourth-order valence-corrected chi connectivity index (χ4v) is 1.87. The molecule has 2 aromatic carbocycles. The summed E-state index contributed by atoms with van der Waals surface area (Å²) in [6.07, 6.45) is 2.61. The summed E-state index contributed by atoms with van der Waals surface area (Å²) in [7, 11) is 0. The third-order valence-electron chi connectivity index (χ3n) is 2.63. The number of anilines is 1. The predicted octanol–water partition coefficient (Wildman–Crippen LogP) is 3.96. The van der Waals surface area contributed by atoms with Crippen molar-refractivity contribution in [2.75, 3.05) is 5.73 Å². The molecule has 19 heavy (non-hydrogen) atoms. The lowest BCUT2D eigenvalue weighted by Gasteiger charge is -2.01. The minimum absolute atomic E-state index is 0.187. The minimum Gasteiger partial charge on any atom is -0.398 e. The molecule has 0 spiro atoms. The van der Waals surface area contributed by atoms with E-state index in [1.54, 1.807) is 30.3 Å². The molecular formula is C15H11ClFNO. The van der Waals surface area contributed by atoms with Gasteiger partial charge in [-0.3, -0.25) is 4.79 Å². The molecule has 2 rings (SSSR count). The SMILES string of the molecule is Nc1ccccc1C(=O)/C=C/c1c(F)cccc1Cl. The molecule has 0 saturated heterocycles. The maximum Gasteiger partial charge on any atom is 0.187 e. The average molecular weight is 276 g/mol. The van der Waals surface area contributed by atoms with Gasteiger partial charge in [-0.15, -0.1) is 0 Å². The second-order valence-corrected chi connectivity index (χ2v) is 4.33. The minimum atomic E-state index is -0.474. The molecule has 0 fully saturated rings. The standard InChI is InChI=1S/C15H11ClFNO/c16-12-5-3-6-13(17)10(12)8-9-15(19)11-4-1-2-7-14(11)18/h1-9H,18H2/b9-8+. The third kappa shape index (κ3) is 3.01.